The Kier molecular flexibility index (Phi) is 4.45. The van der Waals surface area contributed by atoms with E-state index in [2.05, 4.69) is 39.6 Å². The van der Waals surface area contributed by atoms with Crippen molar-refractivity contribution in [2.75, 3.05) is 6.61 Å². The molecule has 104 valence electrons. The Bertz CT molecular complexity index is 505. The predicted octanol–water partition coefficient (Wildman–Crippen LogP) is -0.0164. The topological polar surface area (TPSA) is 82.7 Å². The second-order valence-electron chi connectivity index (χ2n) is 4.56. The van der Waals surface area contributed by atoms with E-state index < -0.39 is 0 Å². The zero-order valence-electron chi connectivity index (χ0n) is 11.4. The van der Waals surface area contributed by atoms with E-state index in [1.165, 1.54) is 0 Å². The van der Waals surface area contributed by atoms with Crippen molar-refractivity contribution in [1.29, 1.82) is 0 Å². The number of rotatable bonds is 7. The SMILES string of the molecule is CC(C)NCc1cn(CCOc2ncn(C)n2)nn1. The molecular weight excluding hydrogens is 246 g/mol. The fraction of sp³-hybridized carbons (Fsp3) is 0.636. The molecule has 0 saturated carbocycles. The smallest absolute Gasteiger partial charge is 0.335 e. The Morgan fingerprint density at radius 3 is 2.95 bits per heavy atom. The van der Waals surface area contributed by atoms with E-state index in [-0.39, 0.29) is 0 Å². The van der Waals surface area contributed by atoms with E-state index in [1.807, 2.05) is 6.20 Å². The average molecular weight is 265 g/mol. The summed E-state index contributed by atoms with van der Waals surface area (Å²) in [4.78, 5) is 3.98. The van der Waals surface area contributed by atoms with Crippen molar-refractivity contribution in [3.05, 3.63) is 18.2 Å². The Morgan fingerprint density at radius 1 is 1.42 bits per heavy atom. The van der Waals surface area contributed by atoms with Crippen LogP contribution < -0.4 is 10.1 Å². The van der Waals surface area contributed by atoms with Gasteiger partial charge in [0.15, 0.2) is 0 Å². The van der Waals surface area contributed by atoms with Crippen molar-refractivity contribution >= 4 is 0 Å². The minimum Gasteiger partial charge on any atom is -0.460 e. The Hall–Kier alpha value is -1.96. The van der Waals surface area contributed by atoms with Crippen LogP contribution in [-0.4, -0.2) is 42.4 Å². The normalized spacial score (nSPS) is 11.2. The lowest BCUT2D eigenvalue weighted by molar-refractivity contribution is 0.268. The van der Waals surface area contributed by atoms with Gasteiger partial charge in [-0.25, -0.2) is 4.68 Å². The van der Waals surface area contributed by atoms with Gasteiger partial charge in [-0.3, -0.25) is 4.68 Å². The summed E-state index contributed by atoms with van der Waals surface area (Å²) < 4.78 is 8.74. The highest BCUT2D eigenvalue weighted by Gasteiger charge is 2.03. The molecule has 2 rings (SSSR count). The van der Waals surface area contributed by atoms with Crippen LogP contribution in [0.25, 0.3) is 0 Å². The van der Waals surface area contributed by atoms with Crippen LogP contribution in [0, 0.1) is 0 Å². The minimum absolute atomic E-state index is 0.379. The molecule has 0 fully saturated rings. The summed E-state index contributed by atoms with van der Waals surface area (Å²) in [5.74, 6) is 0. The highest BCUT2D eigenvalue weighted by molar-refractivity contribution is 4.92. The maximum Gasteiger partial charge on any atom is 0.335 e. The van der Waals surface area contributed by atoms with Crippen LogP contribution in [0.1, 0.15) is 19.5 Å². The van der Waals surface area contributed by atoms with Gasteiger partial charge >= 0.3 is 6.01 Å². The second-order valence-corrected chi connectivity index (χ2v) is 4.56. The minimum atomic E-state index is 0.379. The molecule has 1 N–H and O–H groups in total. The van der Waals surface area contributed by atoms with E-state index in [1.54, 1.807) is 22.7 Å². The zero-order chi connectivity index (χ0) is 13.7. The van der Waals surface area contributed by atoms with Crippen molar-refractivity contribution in [1.82, 2.24) is 35.1 Å². The van der Waals surface area contributed by atoms with Crippen LogP contribution in [0.4, 0.5) is 0 Å². The molecule has 8 heteroatoms. The van der Waals surface area contributed by atoms with Crippen LogP contribution in [0.5, 0.6) is 6.01 Å². The first-order valence-electron chi connectivity index (χ1n) is 6.24. The molecule has 0 unspecified atom stereocenters. The van der Waals surface area contributed by atoms with Gasteiger partial charge in [0.25, 0.3) is 0 Å². The molecule has 0 aliphatic rings. The van der Waals surface area contributed by atoms with Gasteiger partial charge in [0.05, 0.1) is 12.2 Å². The van der Waals surface area contributed by atoms with Crippen molar-refractivity contribution in [2.45, 2.75) is 33.0 Å². The van der Waals surface area contributed by atoms with Crippen LogP contribution in [0.3, 0.4) is 0 Å². The summed E-state index contributed by atoms with van der Waals surface area (Å²) in [6, 6.07) is 0.813. The van der Waals surface area contributed by atoms with Crippen LogP contribution in [-0.2, 0) is 20.1 Å². The first kappa shape index (κ1) is 13.5. The number of hydrogen-bond acceptors (Lipinski definition) is 6. The largest absolute Gasteiger partial charge is 0.460 e. The highest BCUT2D eigenvalue weighted by Crippen LogP contribution is 1.99. The molecule has 19 heavy (non-hydrogen) atoms. The Labute approximate surface area is 111 Å². The molecule has 0 saturated heterocycles. The molecule has 0 aliphatic carbocycles. The molecular formula is C11H19N7O. The molecule has 0 atom stereocenters. The third-order valence-corrected chi connectivity index (χ3v) is 2.41. The van der Waals surface area contributed by atoms with E-state index >= 15 is 0 Å². The molecule has 2 heterocycles. The summed E-state index contributed by atoms with van der Waals surface area (Å²) in [6.45, 7) is 5.99. The maximum atomic E-state index is 5.39. The number of ether oxygens (including phenoxy) is 1. The van der Waals surface area contributed by atoms with Crippen molar-refractivity contribution in [2.24, 2.45) is 7.05 Å². The molecule has 0 radical (unpaired) electrons. The second kappa shape index (κ2) is 6.28. The van der Waals surface area contributed by atoms with Gasteiger partial charge in [-0.15, -0.1) is 10.2 Å². The standard InChI is InChI=1S/C11H19N7O/c1-9(2)12-6-10-7-18(16-14-10)4-5-19-11-13-8-17(3)15-11/h7-9,12H,4-6H2,1-3H3. The summed E-state index contributed by atoms with van der Waals surface area (Å²) >= 11 is 0. The molecule has 2 aromatic rings. The average Bonchev–Trinajstić information content (AvgIpc) is 2.96. The monoisotopic (exact) mass is 265 g/mol. The molecule has 0 amide bonds. The lowest BCUT2D eigenvalue weighted by atomic mass is 10.3. The van der Waals surface area contributed by atoms with Gasteiger partial charge in [-0.1, -0.05) is 19.1 Å². The number of hydrogen-bond donors (Lipinski definition) is 1. The number of aromatic nitrogens is 6. The summed E-state index contributed by atoms with van der Waals surface area (Å²) in [5, 5.41) is 15.4. The van der Waals surface area contributed by atoms with Crippen molar-refractivity contribution in [3.63, 3.8) is 0 Å². The molecule has 0 bridgehead atoms. The highest BCUT2D eigenvalue weighted by atomic mass is 16.5. The number of aryl methyl sites for hydroxylation is 1. The molecule has 0 aliphatic heterocycles. The van der Waals surface area contributed by atoms with Crippen LogP contribution in [0.15, 0.2) is 12.5 Å². The Balaban J connectivity index is 1.74. The third kappa shape index (κ3) is 4.32. The van der Waals surface area contributed by atoms with Crippen molar-refractivity contribution in [3.8, 4) is 6.01 Å². The van der Waals surface area contributed by atoms with Gasteiger partial charge in [0.2, 0.25) is 0 Å². The van der Waals surface area contributed by atoms with E-state index in [9.17, 15) is 0 Å². The summed E-state index contributed by atoms with van der Waals surface area (Å²) in [5.41, 5.74) is 0.921. The van der Waals surface area contributed by atoms with Gasteiger partial charge in [-0.05, 0) is 0 Å². The number of nitrogens with zero attached hydrogens (tertiary/aromatic N) is 6. The molecule has 2 aromatic heterocycles. The van der Waals surface area contributed by atoms with Gasteiger partial charge in [-0.2, -0.15) is 4.98 Å². The fourth-order valence-electron chi connectivity index (χ4n) is 1.45. The molecule has 0 aromatic carbocycles. The number of nitrogens with one attached hydrogen (secondary N) is 1. The van der Waals surface area contributed by atoms with Crippen LogP contribution >= 0.6 is 0 Å². The third-order valence-electron chi connectivity index (χ3n) is 2.41. The van der Waals surface area contributed by atoms with Gasteiger partial charge in [0.1, 0.15) is 12.9 Å². The molecule has 0 spiro atoms. The fourth-order valence-corrected chi connectivity index (χ4v) is 1.45. The van der Waals surface area contributed by atoms with E-state index in [0.29, 0.717) is 25.2 Å². The maximum absolute atomic E-state index is 5.39. The quantitative estimate of drug-likeness (QED) is 0.758. The first-order chi connectivity index (χ1) is 9.13. The lowest BCUT2D eigenvalue weighted by Gasteiger charge is -2.04. The molecule has 8 nitrogen and oxygen atoms in total. The first-order valence-corrected chi connectivity index (χ1v) is 6.24. The van der Waals surface area contributed by atoms with E-state index in [4.69, 9.17) is 4.74 Å². The summed E-state index contributed by atoms with van der Waals surface area (Å²) in [7, 11) is 1.80. The predicted molar refractivity (Wildman–Crippen MR) is 68.5 cm³/mol. The lowest BCUT2D eigenvalue weighted by Crippen LogP contribution is -2.21. The van der Waals surface area contributed by atoms with Gasteiger partial charge in [0, 0.05) is 25.8 Å². The zero-order valence-corrected chi connectivity index (χ0v) is 11.4. The van der Waals surface area contributed by atoms with Crippen molar-refractivity contribution < 1.29 is 4.74 Å². The summed E-state index contributed by atoms with van der Waals surface area (Å²) in [6.07, 6.45) is 3.51. The van der Waals surface area contributed by atoms with Crippen LogP contribution in [0.2, 0.25) is 0 Å². The Morgan fingerprint density at radius 2 is 2.26 bits per heavy atom. The van der Waals surface area contributed by atoms with Gasteiger partial charge < -0.3 is 10.1 Å². The van der Waals surface area contributed by atoms with E-state index in [0.717, 1.165) is 12.2 Å².